The topological polar surface area (TPSA) is 50.7 Å². The average molecular weight is 286 g/mol. The van der Waals surface area contributed by atoms with E-state index in [1.165, 1.54) is 18.3 Å². The Bertz CT molecular complexity index is 615. The van der Waals surface area contributed by atoms with Gasteiger partial charge in [0.1, 0.15) is 5.82 Å². The van der Waals surface area contributed by atoms with E-state index in [-0.39, 0.29) is 18.3 Å². The second kappa shape index (κ2) is 7.79. The van der Waals surface area contributed by atoms with Crippen molar-refractivity contribution in [1.29, 1.82) is 0 Å². The van der Waals surface area contributed by atoms with Crippen LogP contribution in [-0.4, -0.2) is 18.7 Å². The number of nitrogens with zero attached hydrogens (tertiary/aromatic N) is 1. The van der Waals surface area contributed by atoms with Gasteiger partial charge in [-0.2, -0.15) is 0 Å². The van der Waals surface area contributed by atoms with Crippen LogP contribution < -0.4 is 5.32 Å². The van der Waals surface area contributed by atoms with Gasteiger partial charge in [-0.15, -0.1) is 0 Å². The fraction of sp³-hybridized carbons (Fsp3) is 0.125. The fourth-order valence-electron chi connectivity index (χ4n) is 1.63. The monoisotopic (exact) mass is 286 g/mol. The third-order valence-corrected chi connectivity index (χ3v) is 2.65. The van der Waals surface area contributed by atoms with E-state index < -0.39 is 0 Å². The molecule has 1 amide bonds. The summed E-state index contributed by atoms with van der Waals surface area (Å²) in [5.41, 5.74) is 1.58. The molecule has 21 heavy (non-hydrogen) atoms. The lowest BCUT2D eigenvalue weighted by Crippen LogP contribution is -2.26. The highest BCUT2D eigenvalue weighted by atomic mass is 19.1. The summed E-state index contributed by atoms with van der Waals surface area (Å²) in [7, 11) is 0. The second-order valence-corrected chi connectivity index (χ2v) is 4.33. The Hall–Kier alpha value is -2.69. The first kappa shape index (κ1) is 14.7. The van der Waals surface area contributed by atoms with E-state index in [1.54, 1.807) is 12.1 Å². The lowest BCUT2D eigenvalue weighted by Gasteiger charge is -2.04. The van der Waals surface area contributed by atoms with Crippen molar-refractivity contribution >= 4 is 12.1 Å². The molecule has 0 atom stereocenters. The van der Waals surface area contributed by atoms with E-state index in [0.717, 1.165) is 5.56 Å². The van der Waals surface area contributed by atoms with Crippen molar-refractivity contribution in [1.82, 2.24) is 5.32 Å². The molecule has 2 rings (SSSR count). The minimum atomic E-state index is -0.348. The molecule has 2 aromatic rings. The molecule has 0 bridgehead atoms. The van der Waals surface area contributed by atoms with Crippen LogP contribution in [0.5, 0.6) is 0 Å². The van der Waals surface area contributed by atoms with Crippen molar-refractivity contribution in [3.63, 3.8) is 0 Å². The zero-order valence-electron chi connectivity index (χ0n) is 11.3. The van der Waals surface area contributed by atoms with Gasteiger partial charge in [-0.25, -0.2) is 4.39 Å². The maximum absolute atomic E-state index is 12.9. The van der Waals surface area contributed by atoms with Crippen LogP contribution >= 0.6 is 0 Å². The zero-order chi connectivity index (χ0) is 14.9. The quantitative estimate of drug-likeness (QED) is 0.655. The average Bonchev–Trinajstić information content (AvgIpc) is 2.51. The molecule has 0 saturated heterocycles. The van der Waals surface area contributed by atoms with Gasteiger partial charge in [0, 0.05) is 6.54 Å². The van der Waals surface area contributed by atoms with Crippen molar-refractivity contribution in [3.8, 4) is 0 Å². The Kier molecular flexibility index (Phi) is 5.46. The van der Waals surface area contributed by atoms with Gasteiger partial charge in [0.15, 0.2) is 6.61 Å². The molecule has 4 nitrogen and oxygen atoms in total. The summed E-state index contributed by atoms with van der Waals surface area (Å²) in [5, 5.41) is 6.33. The predicted molar refractivity (Wildman–Crippen MR) is 78.2 cm³/mol. The summed E-state index contributed by atoms with van der Waals surface area (Å²) >= 11 is 0. The Morgan fingerprint density at radius 2 is 2.00 bits per heavy atom. The number of hydrogen-bond donors (Lipinski definition) is 1. The third kappa shape index (κ3) is 5.44. The van der Waals surface area contributed by atoms with Gasteiger partial charge in [-0.05, 0) is 23.3 Å². The SMILES string of the molecule is O=C(CO/N=C\c1cccc(F)c1)NCc1ccccc1. The summed E-state index contributed by atoms with van der Waals surface area (Å²) in [5.74, 6) is -0.616. The van der Waals surface area contributed by atoms with Crippen molar-refractivity contribution in [3.05, 3.63) is 71.5 Å². The molecule has 2 aromatic carbocycles. The molecule has 0 spiro atoms. The number of benzene rings is 2. The maximum Gasteiger partial charge on any atom is 0.261 e. The van der Waals surface area contributed by atoms with Gasteiger partial charge in [0.05, 0.1) is 6.21 Å². The van der Waals surface area contributed by atoms with Crippen molar-refractivity contribution < 1.29 is 14.0 Å². The summed E-state index contributed by atoms with van der Waals surface area (Å²) in [6.45, 7) is 0.259. The zero-order valence-corrected chi connectivity index (χ0v) is 11.3. The Balaban J connectivity index is 1.69. The number of carbonyl (C=O) groups excluding carboxylic acids is 1. The lowest BCUT2D eigenvalue weighted by atomic mass is 10.2. The van der Waals surface area contributed by atoms with E-state index in [4.69, 9.17) is 4.84 Å². The molecule has 0 radical (unpaired) electrons. The third-order valence-electron chi connectivity index (χ3n) is 2.65. The molecule has 5 heteroatoms. The van der Waals surface area contributed by atoms with E-state index in [2.05, 4.69) is 10.5 Å². The number of rotatable bonds is 6. The Morgan fingerprint density at radius 3 is 2.76 bits per heavy atom. The van der Waals surface area contributed by atoms with Crippen LogP contribution in [0.3, 0.4) is 0 Å². The van der Waals surface area contributed by atoms with Gasteiger partial charge < -0.3 is 10.2 Å². The normalized spacial score (nSPS) is 10.5. The number of hydrogen-bond acceptors (Lipinski definition) is 3. The fourth-order valence-corrected chi connectivity index (χ4v) is 1.63. The molecule has 108 valence electrons. The Morgan fingerprint density at radius 1 is 1.19 bits per heavy atom. The molecule has 0 aliphatic carbocycles. The van der Waals surface area contributed by atoms with Gasteiger partial charge in [0.2, 0.25) is 0 Å². The summed E-state index contributed by atoms with van der Waals surface area (Å²) in [6, 6.07) is 15.5. The van der Waals surface area contributed by atoms with Gasteiger partial charge in [-0.3, -0.25) is 4.79 Å². The van der Waals surface area contributed by atoms with Crippen LogP contribution in [0, 0.1) is 5.82 Å². The minimum absolute atomic E-state index is 0.182. The van der Waals surface area contributed by atoms with E-state index >= 15 is 0 Å². The van der Waals surface area contributed by atoms with Gasteiger partial charge in [0.25, 0.3) is 5.91 Å². The first-order valence-electron chi connectivity index (χ1n) is 6.45. The van der Waals surface area contributed by atoms with Crippen molar-refractivity contribution in [2.24, 2.45) is 5.16 Å². The van der Waals surface area contributed by atoms with E-state index in [9.17, 15) is 9.18 Å². The molecular weight excluding hydrogens is 271 g/mol. The van der Waals surface area contributed by atoms with Crippen LogP contribution in [0.25, 0.3) is 0 Å². The number of halogens is 1. The number of nitrogens with one attached hydrogen (secondary N) is 1. The predicted octanol–water partition coefficient (Wildman–Crippen LogP) is 2.49. The molecule has 0 unspecified atom stereocenters. The highest BCUT2D eigenvalue weighted by Crippen LogP contribution is 2.00. The minimum Gasteiger partial charge on any atom is -0.386 e. The van der Waals surface area contributed by atoms with Gasteiger partial charge >= 0.3 is 0 Å². The molecular formula is C16H15FN2O2. The summed E-state index contributed by atoms with van der Waals surface area (Å²) in [6.07, 6.45) is 1.35. The van der Waals surface area contributed by atoms with Crippen LogP contribution in [0.15, 0.2) is 59.8 Å². The second-order valence-electron chi connectivity index (χ2n) is 4.33. The smallest absolute Gasteiger partial charge is 0.261 e. The highest BCUT2D eigenvalue weighted by molar-refractivity contribution is 5.79. The van der Waals surface area contributed by atoms with E-state index in [0.29, 0.717) is 12.1 Å². The molecule has 0 fully saturated rings. The lowest BCUT2D eigenvalue weighted by molar-refractivity contribution is -0.125. The van der Waals surface area contributed by atoms with Crippen LogP contribution in [-0.2, 0) is 16.2 Å². The number of amides is 1. The number of oxime groups is 1. The standard InChI is InChI=1S/C16H15FN2O2/c17-15-8-4-7-14(9-15)11-19-21-12-16(20)18-10-13-5-2-1-3-6-13/h1-9,11H,10,12H2,(H,18,20)/b19-11-. The van der Waals surface area contributed by atoms with Gasteiger partial charge in [-0.1, -0.05) is 47.6 Å². The molecule has 1 N–H and O–H groups in total. The highest BCUT2D eigenvalue weighted by Gasteiger charge is 2.00. The van der Waals surface area contributed by atoms with Crippen molar-refractivity contribution in [2.75, 3.05) is 6.61 Å². The first-order chi connectivity index (χ1) is 10.2. The molecule has 0 saturated carbocycles. The summed E-state index contributed by atoms with van der Waals surface area (Å²) in [4.78, 5) is 16.4. The van der Waals surface area contributed by atoms with E-state index in [1.807, 2.05) is 30.3 Å². The molecule has 0 heterocycles. The first-order valence-corrected chi connectivity index (χ1v) is 6.45. The summed E-state index contributed by atoms with van der Waals surface area (Å²) < 4.78 is 12.9. The molecule has 0 aliphatic heterocycles. The largest absolute Gasteiger partial charge is 0.386 e. The van der Waals surface area contributed by atoms with Crippen LogP contribution in [0.4, 0.5) is 4.39 Å². The molecule has 0 aliphatic rings. The van der Waals surface area contributed by atoms with Crippen LogP contribution in [0.1, 0.15) is 11.1 Å². The van der Waals surface area contributed by atoms with Crippen LogP contribution in [0.2, 0.25) is 0 Å². The number of carbonyl (C=O) groups is 1. The Labute approximate surface area is 122 Å². The molecule has 0 aromatic heterocycles. The van der Waals surface area contributed by atoms with Crippen molar-refractivity contribution in [2.45, 2.75) is 6.54 Å². The maximum atomic E-state index is 12.9.